The third kappa shape index (κ3) is 4.11. The van der Waals surface area contributed by atoms with Gasteiger partial charge in [0.2, 0.25) is 0 Å². The first-order valence-electron chi connectivity index (χ1n) is 5.32. The lowest BCUT2D eigenvalue weighted by molar-refractivity contribution is -0.144. The molecule has 1 amide bonds. The lowest BCUT2D eigenvalue weighted by atomic mass is 10.2. The largest absolute Gasteiger partial charge is 0.464 e. The van der Waals surface area contributed by atoms with Crippen molar-refractivity contribution < 1.29 is 14.3 Å². The molecule has 5 heteroatoms. The molecule has 0 aromatic heterocycles. The van der Waals surface area contributed by atoms with Crippen LogP contribution in [0.2, 0.25) is 0 Å². The minimum atomic E-state index is -0.717. The number of amides is 1. The maximum Gasteiger partial charge on any atom is 0.329 e. The molecule has 17 heavy (non-hydrogen) atoms. The van der Waals surface area contributed by atoms with Crippen molar-refractivity contribution in [1.82, 2.24) is 5.32 Å². The van der Waals surface area contributed by atoms with Crippen LogP contribution in [-0.2, 0) is 9.53 Å². The second-order valence-corrected chi connectivity index (χ2v) is 3.69. The molecule has 1 N–H and O–H groups in total. The van der Waals surface area contributed by atoms with Crippen LogP contribution in [0.15, 0.2) is 30.3 Å². The highest BCUT2D eigenvalue weighted by atomic mass is 32.1. The smallest absolute Gasteiger partial charge is 0.329 e. The van der Waals surface area contributed by atoms with Gasteiger partial charge in [-0.1, -0.05) is 18.2 Å². The zero-order valence-electron chi connectivity index (χ0n) is 9.55. The van der Waals surface area contributed by atoms with Crippen LogP contribution in [0.4, 0.5) is 0 Å². The molecule has 1 aromatic rings. The van der Waals surface area contributed by atoms with Gasteiger partial charge >= 0.3 is 5.97 Å². The van der Waals surface area contributed by atoms with Gasteiger partial charge in [0.05, 0.1) is 6.61 Å². The van der Waals surface area contributed by atoms with Gasteiger partial charge in [-0.25, -0.2) is 4.79 Å². The zero-order valence-corrected chi connectivity index (χ0v) is 10.4. The van der Waals surface area contributed by atoms with Crippen molar-refractivity contribution in [3.8, 4) is 0 Å². The van der Waals surface area contributed by atoms with E-state index in [-0.39, 0.29) is 18.3 Å². The highest BCUT2D eigenvalue weighted by molar-refractivity contribution is 7.80. The molecule has 92 valence electrons. The Morgan fingerprint density at radius 3 is 2.53 bits per heavy atom. The maximum atomic E-state index is 11.8. The molecule has 0 fully saturated rings. The number of ether oxygens (including phenoxy) is 1. The first kappa shape index (κ1) is 13.6. The minimum Gasteiger partial charge on any atom is -0.464 e. The third-order valence-corrected chi connectivity index (χ3v) is 2.46. The van der Waals surface area contributed by atoms with Crippen LogP contribution in [0.3, 0.4) is 0 Å². The Labute approximate surface area is 106 Å². The molecular weight excluding hydrogens is 238 g/mol. The Morgan fingerprint density at radius 2 is 2.00 bits per heavy atom. The summed E-state index contributed by atoms with van der Waals surface area (Å²) in [5.74, 6) is -0.568. The number of thiol groups is 1. The van der Waals surface area contributed by atoms with E-state index >= 15 is 0 Å². The lowest BCUT2D eigenvalue weighted by Crippen LogP contribution is -2.43. The van der Waals surface area contributed by atoms with Crippen molar-refractivity contribution in [3.63, 3.8) is 0 Å². The van der Waals surface area contributed by atoms with Crippen LogP contribution in [0, 0.1) is 0 Å². The molecule has 0 heterocycles. The molecule has 0 aliphatic rings. The first-order chi connectivity index (χ1) is 8.19. The molecule has 1 unspecified atom stereocenters. The Balaban J connectivity index is 2.63. The number of rotatable bonds is 5. The predicted octanol–water partition coefficient (Wildman–Crippen LogP) is 1.28. The van der Waals surface area contributed by atoms with E-state index < -0.39 is 12.0 Å². The van der Waals surface area contributed by atoms with E-state index in [1.807, 2.05) is 6.07 Å². The highest BCUT2D eigenvalue weighted by Crippen LogP contribution is 2.00. The molecule has 0 aliphatic heterocycles. The fourth-order valence-corrected chi connectivity index (χ4v) is 1.49. The summed E-state index contributed by atoms with van der Waals surface area (Å²) in [6.07, 6.45) is 0. The second-order valence-electron chi connectivity index (χ2n) is 3.33. The van der Waals surface area contributed by atoms with Gasteiger partial charge in [0.25, 0.3) is 5.91 Å². The van der Waals surface area contributed by atoms with Crippen LogP contribution in [0.5, 0.6) is 0 Å². The molecule has 4 nitrogen and oxygen atoms in total. The monoisotopic (exact) mass is 253 g/mol. The molecule has 1 atom stereocenters. The van der Waals surface area contributed by atoms with Gasteiger partial charge in [-0.2, -0.15) is 12.6 Å². The number of hydrogen-bond donors (Lipinski definition) is 2. The molecule has 0 saturated heterocycles. The molecule has 0 aliphatic carbocycles. The van der Waals surface area contributed by atoms with Gasteiger partial charge < -0.3 is 10.1 Å². The van der Waals surface area contributed by atoms with Gasteiger partial charge in [-0.05, 0) is 19.1 Å². The standard InChI is InChI=1S/C12H15NO3S/c1-2-16-12(15)10(8-17)13-11(14)9-6-4-3-5-7-9/h3-7,10,17H,2,8H2,1H3,(H,13,14). The molecule has 0 saturated carbocycles. The Morgan fingerprint density at radius 1 is 1.35 bits per heavy atom. The van der Waals surface area contributed by atoms with Crippen LogP contribution < -0.4 is 5.32 Å². The minimum absolute atomic E-state index is 0.206. The summed E-state index contributed by atoms with van der Waals surface area (Å²) in [6, 6.07) is 7.97. The molecule has 0 spiro atoms. The fraction of sp³-hybridized carbons (Fsp3) is 0.333. The average molecular weight is 253 g/mol. The summed E-state index contributed by atoms with van der Waals surface area (Å²) in [5, 5.41) is 2.58. The number of carbonyl (C=O) groups is 2. The molecule has 1 aromatic carbocycles. The van der Waals surface area contributed by atoms with E-state index in [4.69, 9.17) is 4.74 Å². The van der Waals surface area contributed by atoms with Gasteiger partial charge in [-0.15, -0.1) is 0 Å². The first-order valence-corrected chi connectivity index (χ1v) is 5.95. The van der Waals surface area contributed by atoms with Gasteiger partial charge in [0.15, 0.2) is 0 Å². The Bertz CT molecular complexity index is 381. The number of carbonyl (C=O) groups excluding carboxylic acids is 2. The van der Waals surface area contributed by atoms with Crippen LogP contribution in [-0.4, -0.2) is 30.3 Å². The van der Waals surface area contributed by atoms with Crippen molar-refractivity contribution in [3.05, 3.63) is 35.9 Å². The van der Waals surface area contributed by atoms with Crippen LogP contribution in [0.1, 0.15) is 17.3 Å². The molecule has 0 bridgehead atoms. The van der Waals surface area contributed by atoms with E-state index in [0.29, 0.717) is 5.56 Å². The predicted molar refractivity (Wildman–Crippen MR) is 68.2 cm³/mol. The SMILES string of the molecule is CCOC(=O)C(CS)NC(=O)c1ccccc1. The summed E-state index contributed by atoms with van der Waals surface area (Å²) in [5.41, 5.74) is 0.503. The van der Waals surface area contributed by atoms with E-state index in [1.54, 1.807) is 31.2 Å². The Kier molecular flexibility index (Phi) is 5.56. The fourth-order valence-electron chi connectivity index (χ4n) is 1.25. The summed E-state index contributed by atoms with van der Waals surface area (Å²) in [6.45, 7) is 2.00. The van der Waals surface area contributed by atoms with Crippen molar-refractivity contribution in [2.45, 2.75) is 13.0 Å². The van der Waals surface area contributed by atoms with Gasteiger partial charge in [0.1, 0.15) is 6.04 Å². The quantitative estimate of drug-likeness (QED) is 0.614. The van der Waals surface area contributed by atoms with E-state index in [2.05, 4.69) is 17.9 Å². The third-order valence-electron chi connectivity index (χ3n) is 2.09. The van der Waals surface area contributed by atoms with Gasteiger partial charge in [-0.3, -0.25) is 4.79 Å². The second kappa shape index (κ2) is 6.96. The van der Waals surface area contributed by atoms with Crippen LogP contribution >= 0.6 is 12.6 Å². The highest BCUT2D eigenvalue weighted by Gasteiger charge is 2.20. The number of benzene rings is 1. The summed E-state index contributed by atoms with van der Waals surface area (Å²) in [4.78, 5) is 23.2. The summed E-state index contributed by atoms with van der Waals surface area (Å²) in [7, 11) is 0. The van der Waals surface area contributed by atoms with Crippen molar-refractivity contribution in [2.24, 2.45) is 0 Å². The van der Waals surface area contributed by atoms with E-state index in [9.17, 15) is 9.59 Å². The Hall–Kier alpha value is -1.49. The average Bonchev–Trinajstić information content (AvgIpc) is 2.37. The van der Waals surface area contributed by atoms with Gasteiger partial charge in [0, 0.05) is 11.3 Å². The normalized spacial score (nSPS) is 11.6. The van der Waals surface area contributed by atoms with E-state index in [1.165, 1.54) is 0 Å². The topological polar surface area (TPSA) is 55.4 Å². The summed E-state index contributed by atoms with van der Waals surface area (Å²) < 4.78 is 4.83. The number of hydrogen-bond acceptors (Lipinski definition) is 4. The zero-order chi connectivity index (χ0) is 12.7. The van der Waals surface area contributed by atoms with Crippen LogP contribution in [0.25, 0.3) is 0 Å². The maximum absolute atomic E-state index is 11.8. The number of esters is 1. The van der Waals surface area contributed by atoms with Crippen molar-refractivity contribution in [1.29, 1.82) is 0 Å². The van der Waals surface area contributed by atoms with Crippen molar-refractivity contribution in [2.75, 3.05) is 12.4 Å². The summed E-state index contributed by atoms with van der Waals surface area (Å²) >= 11 is 4.02. The molecule has 0 radical (unpaired) electrons. The van der Waals surface area contributed by atoms with E-state index in [0.717, 1.165) is 0 Å². The lowest BCUT2D eigenvalue weighted by Gasteiger charge is -2.14. The molecular formula is C12H15NO3S. The number of nitrogens with one attached hydrogen (secondary N) is 1. The van der Waals surface area contributed by atoms with Crippen molar-refractivity contribution >= 4 is 24.5 Å². The molecule has 1 rings (SSSR count).